The number of benzene rings is 1. The number of thiazole rings is 1. The maximum absolute atomic E-state index is 12.3. The quantitative estimate of drug-likeness (QED) is 0.580. The molecule has 138 valence electrons. The summed E-state index contributed by atoms with van der Waals surface area (Å²) in [7, 11) is 0. The first kappa shape index (κ1) is 17.9. The summed E-state index contributed by atoms with van der Waals surface area (Å²) in [6.45, 7) is 1.97. The number of thiophene rings is 1. The van der Waals surface area contributed by atoms with E-state index in [-0.39, 0.29) is 11.8 Å². The molecule has 0 radical (unpaired) electrons. The largest absolute Gasteiger partial charge is 0.326 e. The van der Waals surface area contributed by atoms with E-state index in [0.29, 0.717) is 22.3 Å². The number of rotatable bonds is 5. The number of carbonyl (C=O) groups excluding carboxylic acids is 2. The Bertz CT molecular complexity index is 1030. The predicted molar refractivity (Wildman–Crippen MR) is 112 cm³/mol. The Kier molecular flexibility index (Phi) is 5.05. The third-order valence-corrected chi connectivity index (χ3v) is 6.35. The van der Waals surface area contributed by atoms with Crippen LogP contribution in [0.2, 0.25) is 0 Å². The van der Waals surface area contributed by atoms with E-state index in [1.165, 1.54) is 22.7 Å². The summed E-state index contributed by atoms with van der Waals surface area (Å²) in [6, 6.07) is 9.35. The van der Waals surface area contributed by atoms with Crippen molar-refractivity contribution in [1.29, 1.82) is 0 Å². The molecule has 0 bridgehead atoms. The van der Waals surface area contributed by atoms with Gasteiger partial charge in [-0.15, -0.1) is 11.3 Å². The van der Waals surface area contributed by atoms with Gasteiger partial charge in [-0.05, 0) is 56.0 Å². The van der Waals surface area contributed by atoms with E-state index < -0.39 is 0 Å². The summed E-state index contributed by atoms with van der Waals surface area (Å²) in [5, 5.41) is 6.37. The second kappa shape index (κ2) is 7.62. The van der Waals surface area contributed by atoms with Crippen molar-refractivity contribution in [2.75, 3.05) is 10.6 Å². The molecule has 7 heteroatoms. The Labute approximate surface area is 165 Å². The zero-order chi connectivity index (χ0) is 18.8. The van der Waals surface area contributed by atoms with Gasteiger partial charge in [0.05, 0.1) is 15.1 Å². The van der Waals surface area contributed by atoms with Crippen LogP contribution in [0.3, 0.4) is 0 Å². The van der Waals surface area contributed by atoms with Gasteiger partial charge in [-0.3, -0.25) is 14.9 Å². The minimum Gasteiger partial charge on any atom is -0.326 e. The third kappa shape index (κ3) is 4.26. The molecule has 2 amide bonds. The van der Waals surface area contributed by atoms with Gasteiger partial charge in [0.25, 0.3) is 5.91 Å². The maximum atomic E-state index is 12.3. The highest BCUT2D eigenvalue weighted by molar-refractivity contribution is 7.22. The fourth-order valence-corrected chi connectivity index (χ4v) is 4.75. The van der Waals surface area contributed by atoms with Crippen LogP contribution in [0.1, 0.15) is 33.8 Å². The fourth-order valence-electron chi connectivity index (χ4n) is 3.09. The second-order valence-electron chi connectivity index (χ2n) is 6.58. The van der Waals surface area contributed by atoms with Gasteiger partial charge in [0, 0.05) is 17.0 Å². The molecule has 0 saturated heterocycles. The van der Waals surface area contributed by atoms with Crippen LogP contribution in [0.15, 0.2) is 42.5 Å². The minimum absolute atomic E-state index is 0.0250. The predicted octanol–water partition coefficient (Wildman–Crippen LogP) is 5.21. The molecule has 1 aliphatic rings. The topological polar surface area (TPSA) is 71.1 Å². The van der Waals surface area contributed by atoms with Crippen molar-refractivity contribution in [3.8, 4) is 0 Å². The van der Waals surface area contributed by atoms with Crippen LogP contribution in [0.25, 0.3) is 10.2 Å². The first-order chi connectivity index (χ1) is 13.1. The fraction of sp³-hybridized carbons (Fsp3) is 0.250. The van der Waals surface area contributed by atoms with Crippen LogP contribution >= 0.6 is 22.7 Å². The standard InChI is InChI=1S/C20H19N3O2S2/c1-12-6-9-16(26-12)19(25)23-20-22-15-8-7-14(11-17(15)27-20)21-18(24)10-13-4-2-3-5-13/h2,4,6-9,11,13H,3,5,10H2,1H3,(H,21,24)(H,22,23,25)/t13-/m1/s1. The molecule has 0 saturated carbocycles. The van der Waals surface area contributed by atoms with Crippen LogP contribution in [0.4, 0.5) is 10.8 Å². The lowest BCUT2D eigenvalue weighted by molar-refractivity contribution is -0.116. The molecule has 1 aromatic carbocycles. The molecule has 4 rings (SSSR count). The molecule has 2 aromatic heterocycles. The van der Waals surface area contributed by atoms with Gasteiger partial charge in [-0.25, -0.2) is 4.98 Å². The highest BCUT2D eigenvalue weighted by Crippen LogP contribution is 2.29. The average Bonchev–Trinajstić information content (AvgIpc) is 3.35. The number of hydrogen-bond acceptors (Lipinski definition) is 5. The maximum Gasteiger partial charge on any atom is 0.267 e. The van der Waals surface area contributed by atoms with Crippen molar-refractivity contribution in [1.82, 2.24) is 4.98 Å². The van der Waals surface area contributed by atoms with Crippen LogP contribution in [-0.2, 0) is 4.79 Å². The Hall–Kier alpha value is -2.51. The highest BCUT2D eigenvalue weighted by atomic mass is 32.1. The van der Waals surface area contributed by atoms with Crippen molar-refractivity contribution in [3.63, 3.8) is 0 Å². The normalized spacial score (nSPS) is 16.0. The smallest absolute Gasteiger partial charge is 0.267 e. The SMILES string of the molecule is Cc1ccc(C(=O)Nc2nc3ccc(NC(=O)C[C@@H]4C=CCC4)cc3s2)s1. The van der Waals surface area contributed by atoms with E-state index in [1.54, 1.807) is 0 Å². The molecular formula is C20H19N3O2S2. The van der Waals surface area contributed by atoms with Crippen molar-refractivity contribution in [2.24, 2.45) is 5.92 Å². The molecule has 0 aliphatic heterocycles. The number of aromatic nitrogens is 1. The van der Waals surface area contributed by atoms with Gasteiger partial charge in [0.1, 0.15) is 0 Å². The van der Waals surface area contributed by atoms with E-state index in [0.717, 1.165) is 33.6 Å². The van der Waals surface area contributed by atoms with E-state index in [4.69, 9.17) is 0 Å². The summed E-state index contributed by atoms with van der Waals surface area (Å²) < 4.78 is 0.922. The Morgan fingerprint density at radius 3 is 2.81 bits per heavy atom. The van der Waals surface area contributed by atoms with Crippen molar-refractivity contribution < 1.29 is 9.59 Å². The Balaban J connectivity index is 1.44. The third-order valence-electron chi connectivity index (χ3n) is 4.42. The van der Waals surface area contributed by atoms with Crippen LogP contribution < -0.4 is 10.6 Å². The minimum atomic E-state index is -0.148. The molecule has 0 spiro atoms. The molecule has 0 unspecified atom stereocenters. The van der Waals surface area contributed by atoms with Crippen LogP contribution in [0, 0.1) is 12.8 Å². The summed E-state index contributed by atoms with van der Waals surface area (Å²) in [6.07, 6.45) is 6.88. The molecule has 2 heterocycles. The lowest BCUT2D eigenvalue weighted by Gasteiger charge is -2.08. The molecule has 3 aromatic rings. The molecule has 2 N–H and O–H groups in total. The summed E-state index contributed by atoms with van der Waals surface area (Å²) in [5.41, 5.74) is 1.55. The van der Waals surface area contributed by atoms with Gasteiger partial charge in [-0.2, -0.15) is 0 Å². The molecule has 5 nitrogen and oxygen atoms in total. The lowest BCUT2D eigenvalue weighted by Crippen LogP contribution is -2.14. The van der Waals surface area contributed by atoms with Crippen molar-refractivity contribution in [2.45, 2.75) is 26.2 Å². The summed E-state index contributed by atoms with van der Waals surface area (Å²) in [4.78, 5) is 30.7. The van der Waals surface area contributed by atoms with Crippen molar-refractivity contribution in [3.05, 3.63) is 52.2 Å². The zero-order valence-corrected chi connectivity index (χ0v) is 16.5. The van der Waals surface area contributed by atoms with Gasteiger partial charge in [0.2, 0.25) is 5.91 Å². The molecule has 1 atom stereocenters. The number of fused-ring (bicyclic) bond motifs is 1. The number of allylic oxidation sites excluding steroid dienone is 2. The average molecular weight is 398 g/mol. The van der Waals surface area contributed by atoms with E-state index in [2.05, 4.69) is 27.8 Å². The first-order valence-corrected chi connectivity index (χ1v) is 10.4. The molecular weight excluding hydrogens is 378 g/mol. The second-order valence-corrected chi connectivity index (χ2v) is 8.90. The number of nitrogens with one attached hydrogen (secondary N) is 2. The molecule has 0 fully saturated rings. The van der Waals surface area contributed by atoms with Gasteiger partial charge < -0.3 is 5.32 Å². The highest BCUT2D eigenvalue weighted by Gasteiger charge is 2.15. The number of hydrogen-bond donors (Lipinski definition) is 2. The van der Waals surface area contributed by atoms with Gasteiger partial charge >= 0.3 is 0 Å². The van der Waals surface area contributed by atoms with E-state index in [1.807, 2.05) is 37.3 Å². The lowest BCUT2D eigenvalue weighted by atomic mass is 10.1. The number of aryl methyl sites for hydroxylation is 1. The van der Waals surface area contributed by atoms with Crippen LogP contribution in [0.5, 0.6) is 0 Å². The van der Waals surface area contributed by atoms with Gasteiger partial charge in [-0.1, -0.05) is 23.5 Å². The molecule has 1 aliphatic carbocycles. The number of amides is 2. The zero-order valence-electron chi connectivity index (χ0n) is 14.8. The number of anilines is 2. The first-order valence-electron chi connectivity index (χ1n) is 8.82. The van der Waals surface area contributed by atoms with Crippen LogP contribution in [-0.4, -0.2) is 16.8 Å². The van der Waals surface area contributed by atoms with E-state index in [9.17, 15) is 9.59 Å². The monoisotopic (exact) mass is 397 g/mol. The van der Waals surface area contributed by atoms with Gasteiger partial charge in [0.15, 0.2) is 5.13 Å². The number of carbonyl (C=O) groups is 2. The summed E-state index contributed by atoms with van der Waals surface area (Å²) in [5.74, 6) is 0.224. The molecule has 27 heavy (non-hydrogen) atoms. The Morgan fingerprint density at radius 1 is 1.19 bits per heavy atom. The van der Waals surface area contributed by atoms with E-state index >= 15 is 0 Å². The number of nitrogens with zero attached hydrogens (tertiary/aromatic N) is 1. The summed E-state index contributed by atoms with van der Waals surface area (Å²) >= 11 is 2.86. The van der Waals surface area contributed by atoms with Crippen molar-refractivity contribution >= 4 is 55.5 Å². The Morgan fingerprint density at radius 2 is 2.07 bits per heavy atom.